The molecule has 0 unspecified atom stereocenters. The van der Waals surface area contributed by atoms with Gasteiger partial charge in [-0.1, -0.05) is 31.7 Å². The Morgan fingerprint density at radius 1 is 1.10 bits per heavy atom. The van der Waals surface area contributed by atoms with Crippen LogP contribution in [0.3, 0.4) is 0 Å². The fraction of sp³-hybridized carbons (Fsp3) is 0.625. The van der Waals surface area contributed by atoms with E-state index in [4.69, 9.17) is 5.73 Å². The summed E-state index contributed by atoms with van der Waals surface area (Å²) in [7, 11) is -3.46. The predicted octanol–water partition coefficient (Wildman–Crippen LogP) is 2.76. The van der Waals surface area contributed by atoms with E-state index in [0.29, 0.717) is 11.4 Å². The standard InChI is InChI=1S/C16H26N2O2S/c1-12-9-13(2)16(10-14(12)11-17)21(19,20)18-15-7-5-3-4-6-8-15/h9-10,15,18H,3-8,11,17H2,1-2H3. The van der Waals surface area contributed by atoms with E-state index >= 15 is 0 Å². The van der Waals surface area contributed by atoms with Crippen molar-refractivity contribution in [2.24, 2.45) is 5.73 Å². The summed E-state index contributed by atoms with van der Waals surface area (Å²) < 4.78 is 28.2. The molecule has 0 radical (unpaired) electrons. The molecule has 0 amide bonds. The van der Waals surface area contributed by atoms with Crippen molar-refractivity contribution in [2.45, 2.75) is 69.9 Å². The molecule has 4 nitrogen and oxygen atoms in total. The van der Waals surface area contributed by atoms with Gasteiger partial charge in [0.15, 0.2) is 0 Å². The van der Waals surface area contributed by atoms with Gasteiger partial charge in [-0.2, -0.15) is 0 Å². The maximum atomic E-state index is 12.7. The van der Waals surface area contributed by atoms with E-state index < -0.39 is 10.0 Å². The monoisotopic (exact) mass is 310 g/mol. The Morgan fingerprint density at radius 3 is 2.29 bits per heavy atom. The molecule has 5 heteroatoms. The van der Waals surface area contributed by atoms with Gasteiger partial charge in [0.2, 0.25) is 10.0 Å². The van der Waals surface area contributed by atoms with E-state index in [1.54, 1.807) is 6.07 Å². The molecule has 3 N–H and O–H groups in total. The van der Waals surface area contributed by atoms with Crippen molar-refractivity contribution in [1.29, 1.82) is 0 Å². The van der Waals surface area contributed by atoms with Gasteiger partial charge in [-0.15, -0.1) is 0 Å². The van der Waals surface area contributed by atoms with Crippen LogP contribution in [-0.4, -0.2) is 14.5 Å². The lowest BCUT2D eigenvalue weighted by Crippen LogP contribution is -2.34. The van der Waals surface area contributed by atoms with Gasteiger partial charge in [0.25, 0.3) is 0 Å². The molecular weight excluding hydrogens is 284 g/mol. The summed E-state index contributed by atoms with van der Waals surface area (Å²) >= 11 is 0. The van der Waals surface area contributed by atoms with Gasteiger partial charge in [-0.25, -0.2) is 13.1 Å². The zero-order valence-electron chi connectivity index (χ0n) is 13.0. The fourth-order valence-corrected chi connectivity index (χ4v) is 4.65. The molecule has 0 saturated heterocycles. The number of sulfonamides is 1. The Hall–Kier alpha value is -0.910. The SMILES string of the molecule is Cc1cc(C)c(S(=O)(=O)NC2CCCCCC2)cc1CN. The van der Waals surface area contributed by atoms with Crippen LogP contribution in [0, 0.1) is 13.8 Å². The molecule has 0 atom stereocenters. The third kappa shape index (κ3) is 4.05. The molecule has 0 spiro atoms. The number of aryl methyl sites for hydroxylation is 2. The molecule has 1 aliphatic rings. The first-order valence-corrected chi connectivity index (χ1v) is 9.25. The Labute approximate surface area is 128 Å². The number of rotatable bonds is 4. The fourth-order valence-electron chi connectivity index (χ4n) is 3.06. The van der Waals surface area contributed by atoms with Gasteiger partial charge in [-0.3, -0.25) is 0 Å². The molecule has 118 valence electrons. The highest BCUT2D eigenvalue weighted by Crippen LogP contribution is 2.23. The maximum absolute atomic E-state index is 12.7. The van der Waals surface area contributed by atoms with Crippen LogP contribution in [0.15, 0.2) is 17.0 Å². The topological polar surface area (TPSA) is 72.2 Å². The van der Waals surface area contributed by atoms with Crippen LogP contribution in [-0.2, 0) is 16.6 Å². The molecule has 0 aromatic heterocycles. The Kier molecular flexibility index (Phi) is 5.41. The summed E-state index contributed by atoms with van der Waals surface area (Å²) in [6.45, 7) is 4.16. The van der Waals surface area contributed by atoms with E-state index in [0.717, 1.165) is 42.4 Å². The molecular formula is C16H26N2O2S. The van der Waals surface area contributed by atoms with Crippen molar-refractivity contribution < 1.29 is 8.42 Å². The van der Waals surface area contributed by atoms with Crippen LogP contribution < -0.4 is 10.5 Å². The number of nitrogens with two attached hydrogens (primary N) is 1. The Balaban J connectivity index is 2.26. The van der Waals surface area contributed by atoms with Crippen molar-refractivity contribution in [1.82, 2.24) is 4.72 Å². The molecule has 1 fully saturated rings. The molecule has 0 heterocycles. The summed E-state index contributed by atoms with van der Waals surface area (Å²) in [4.78, 5) is 0.373. The first kappa shape index (κ1) is 16.5. The molecule has 0 bridgehead atoms. The second-order valence-corrected chi connectivity index (χ2v) is 7.74. The quantitative estimate of drug-likeness (QED) is 0.840. The number of hydrogen-bond acceptors (Lipinski definition) is 3. The summed E-state index contributed by atoms with van der Waals surface area (Å²) in [5.41, 5.74) is 8.42. The van der Waals surface area contributed by atoms with Crippen LogP contribution in [0.5, 0.6) is 0 Å². The zero-order chi connectivity index (χ0) is 15.5. The lowest BCUT2D eigenvalue weighted by molar-refractivity contribution is 0.509. The largest absolute Gasteiger partial charge is 0.326 e. The van der Waals surface area contributed by atoms with E-state index in [9.17, 15) is 8.42 Å². The second-order valence-electron chi connectivity index (χ2n) is 6.06. The highest BCUT2D eigenvalue weighted by molar-refractivity contribution is 7.89. The van der Waals surface area contributed by atoms with Gasteiger partial charge < -0.3 is 5.73 Å². The van der Waals surface area contributed by atoms with E-state index in [1.807, 2.05) is 19.9 Å². The molecule has 0 aliphatic heterocycles. The lowest BCUT2D eigenvalue weighted by Gasteiger charge is -2.18. The molecule has 21 heavy (non-hydrogen) atoms. The van der Waals surface area contributed by atoms with Crippen molar-refractivity contribution in [3.05, 3.63) is 28.8 Å². The number of nitrogens with one attached hydrogen (secondary N) is 1. The molecule has 1 aromatic carbocycles. The molecule has 1 aromatic rings. The van der Waals surface area contributed by atoms with Crippen LogP contribution in [0.2, 0.25) is 0 Å². The summed E-state index contributed by atoms with van der Waals surface area (Å²) in [5, 5.41) is 0. The first-order chi connectivity index (χ1) is 9.94. The van der Waals surface area contributed by atoms with Crippen molar-refractivity contribution >= 4 is 10.0 Å². The molecule has 2 rings (SSSR count). The predicted molar refractivity (Wildman–Crippen MR) is 85.6 cm³/mol. The minimum Gasteiger partial charge on any atom is -0.326 e. The Bertz CT molecular complexity index is 589. The average molecular weight is 310 g/mol. The minimum atomic E-state index is -3.46. The molecule has 1 aliphatic carbocycles. The summed E-state index contributed by atoms with van der Waals surface area (Å²) in [6, 6.07) is 3.70. The normalized spacial score (nSPS) is 17.7. The van der Waals surface area contributed by atoms with Crippen LogP contribution in [0.4, 0.5) is 0 Å². The zero-order valence-corrected chi connectivity index (χ0v) is 13.8. The van der Waals surface area contributed by atoms with E-state index in [-0.39, 0.29) is 6.04 Å². The lowest BCUT2D eigenvalue weighted by atomic mass is 10.1. The highest BCUT2D eigenvalue weighted by atomic mass is 32.2. The second kappa shape index (κ2) is 6.90. The number of benzene rings is 1. The third-order valence-corrected chi connectivity index (χ3v) is 5.98. The summed E-state index contributed by atoms with van der Waals surface area (Å²) in [6.07, 6.45) is 6.50. The van der Waals surface area contributed by atoms with Gasteiger partial charge in [0.1, 0.15) is 0 Å². The van der Waals surface area contributed by atoms with Gasteiger partial charge in [-0.05, 0) is 49.4 Å². The van der Waals surface area contributed by atoms with E-state index in [2.05, 4.69) is 4.72 Å². The molecule has 1 saturated carbocycles. The van der Waals surface area contributed by atoms with Crippen LogP contribution in [0.25, 0.3) is 0 Å². The maximum Gasteiger partial charge on any atom is 0.241 e. The van der Waals surface area contributed by atoms with E-state index in [1.165, 1.54) is 12.8 Å². The number of hydrogen-bond donors (Lipinski definition) is 2. The van der Waals surface area contributed by atoms with Crippen molar-refractivity contribution in [3.63, 3.8) is 0 Å². The van der Waals surface area contributed by atoms with Crippen LogP contribution in [0.1, 0.15) is 55.2 Å². The van der Waals surface area contributed by atoms with Crippen LogP contribution >= 0.6 is 0 Å². The minimum absolute atomic E-state index is 0.0690. The van der Waals surface area contributed by atoms with Crippen molar-refractivity contribution in [3.8, 4) is 0 Å². The van der Waals surface area contributed by atoms with Gasteiger partial charge >= 0.3 is 0 Å². The average Bonchev–Trinajstić information content (AvgIpc) is 2.66. The summed E-state index contributed by atoms with van der Waals surface area (Å²) in [5.74, 6) is 0. The highest BCUT2D eigenvalue weighted by Gasteiger charge is 2.23. The van der Waals surface area contributed by atoms with Crippen molar-refractivity contribution in [2.75, 3.05) is 0 Å². The Morgan fingerprint density at radius 2 is 1.71 bits per heavy atom. The van der Waals surface area contributed by atoms with Gasteiger partial charge in [0, 0.05) is 12.6 Å². The first-order valence-electron chi connectivity index (χ1n) is 7.76. The van der Waals surface area contributed by atoms with Gasteiger partial charge in [0.05, 0.1) is 4.90 Å². The smallest absolute Gasteiger partial charge is 0.241 e. The third-order valence-electron chi connectivity index (χ3n) is 4.32.